The van der Waals surface area contributed by atoms with Crippen LogP contribution in [0.4, 0.5) is 5.82 Å². The molecule has 2 rings (SSSR count). The van der Waals surface area contributed by atoms with Crippen LogP contribution in [0, 0.1) is 0 Å². The van der Waals surface area contributed by atoms with Gasteiger partial charge in [-0.3, -0.25) is 0 Å². The number of aromatic nitrogens is 1. The molecule has 0 radical (unpaired) electrons. The predicted molar refractivity (Wildman–Crippen MR) is 80.5 cm³/mol. The number of hydrogen-bond donors (Lipinski definition) is 1. The Kier molecular flexibility index (Phi) is 5.16. The average Bonchev–Trinajstić information content (AvgIpc) is 2.45. The second-order valence-electron chi connectivity index (χ2n) is 5.48. The highest BCUT2D eigenvalue weighted by Gasteiger charge is 2.16. The quantitative estimate of drug-likeness (QED) is 0.875. The molecule has 0 saturated carbocycles. The molecule has 1 aromatic rings. The van der Waals surface area contributed by atoms with Crippen LogP contribution >= 0.6 is 0 Å². The van der Waals surface area contributed by atoms with Gasteiger partial charge in [-0.15, -0.1) is 0 Å². The second-order valence-corrected chi connectivity index (χ2v) is 5.48. The van der Waals surface area contributed by atoms with Crippen molar-refractivity contribution >= 4 is 5.82 Å². The highest BCUT2D eigenvalue weighted by atomic mass is 15.3. The first-order valence-electron chi connectivity index (χ1n) is 7.34. The Bertz CT molecular complexity index is 383. The summed E-state index contributed by atoms with van der Waals surface area (Å²) in [5.74, 6) is 1.12. The summed E-state index contributed by atoms with van der Waals surface area (Å²) in [6, 6.07) is 4.84. The molecule has 0 aromatic carbocycles. The molecule has 1 N–H and O–H groups in total. The first-order chi connectivity index (χ1) is 9.19. The molecule has 1 aliphatic heterocycles. The van der Waals surface area contributed by atoms with Gasteiger partial charge < -0.3 is 15.1 Å². The Labute approximate surface area is 116 Å². The third-order valence-electron chi connectivity index (χ3n) is 3.67. The third kappa shape index (κ3) is 4.18. The van der Waals surface area contributed by atoms with E-state index in [1.54, 1.807) is 0 Å². The zero-order chi connectivity index (χ0) is 13.7. The normalized spacial score (nSPS) is 17.2. The summed E-state index contributed by atoms with van der Waals surface area (Å²) in [6.45, 7) is 13.1. The lowest BCUT2D eigenvalue weighted by atomic mass is 10.2. The summed E-state index contributed by atoms with van der Waals surface area (Å²) >= 11 is 0. The molecule has 4 nitrogen and oxygen atoms in total. The van der Waals surface area contributed by atoms with Gasteiger partial charge in [0.2, 0.25) is 0 Å². The largest absolute Gasteiger partial charge is 0.354 e. The summed E-state index contributed by atoms with van der Waals surface area (Å²) < 4.78 is 0. The smallest absolute Gasteiger partial charge is 0.128 e. The van der Waals surface area contributed by atoms with Gasteiger partial charge in [0.05, 0.1) is 0 Å². The fourth-order valence-corrected chi connectivity index (χ4v) is 2.36. The summed E-state index contributed by atoms with van der Waals surface area (Å²) in [5.41, 5.74) is 1.32. The van der Waals surface area contributed by atoms with Crippen molar-refractivity contribution in [2.45, 2.75) is 33.4 Å². The molecule has 0 atom stereocenters. The second kappa shape index (κ2) is 6.87. The van der Waals surface area contributed by atoms with Gasteiger partial charge in [-0.1, -0.05) is 20.8 Å². The zero-order valence-electron chi connectivity index (χ0n) is 12.4. The Morgan fingerprint density at radius 2 is 2.00 bits per heavy atom. The van der Waals surface area contributed by atoms with E-state index in [1.807, 2.05) is 6.20 Å². The Balaban J connectivity index is 1.95. The van der Waals surface area contributed by atoms with Gasteiger partial charge in [-0.05, 0) is 24.2 Å². The van der Waals surface area contributed by atoms with Crippen molar-refractivity contribution in [1.29, 1.82) is 0 Å². The fraction of sp³-hybridized carbons (Fsp3) is 0.667. The van der Waals surface area contributed by atoms with E-state index in [9.17, 15) is 0 Å². The van der Waals surface area contributed by atoms with Crippen molar-refractivity contribution in [3.63, 3.8) is 0 Å². The van der Waals surface area contributed by atoms with Crippen molar-refractivity contribution in [2.24, 2.45) is 0 Å². The van der Waals surface area contributed by atoms with Gasteiger partial charge in [0.15, 0.2) is 0 Å². The van der Waals surface area contributed by atoms with E-state index in [0.29, 0.717) is 6.04 Å². The van der Waals surface area contributed by atoms with Crippen LogP contribution in [0.3, 0.4) is 0 Å². The van der Waals surface area contributed by atoms with E-state index in [-0.39, 0.29) is 0 Å². The van der Waals surface area contributed by atoms with Gasteiger partial charge in [0, 0.05) is 45.0 Å². The minimum atomic E-state index is 0.518. The maximum atomic E-state index is 4.52. The molecule has 2 heterocycles. The summed E-state index contributed by atoms with van der Waals surface area (Å²) in [6.07, 6.45) is 1.93. The Morgan fingerprint density at radius 3 is 2.63 bits per heavy atom. The predicted octanol–water partition coefficient (Wildman–Crippen LogP) is 1.72. The lowest BCUT2D eigenvalue weighted by Crippen LogP contribution is -2.46. The Morgan fingerprint density at radius 1 is 1.26 bits per heavy atom. The molecule has 0 aliphatic carbocycles. The van der Waals surface area contributed by atoms with Crippen LogP contribution in [-0.2, 0) is 6.54 Å². The molecular weight excluding hydrogens is 236 g/mol. The Hall–Kier alpha value is -1.13. The maximum absolute atomic E-state index is 4.52. The molecule has 4 heteroatoms. The lowest BCUT2D eigenvalue weighted by Gasteiger charge is -2.34. The van der Waals surface area contributed by atoms with Crippen molar-refractivity contribution in [3.8, 4) is 0 Å². The van der Waals surface area contributed by atoms with Crippen LogP contribution in [0.2, 0.25) is 0 Å². The number of hydrogen-bond acceptors (Lipinski definition) is 4. The highest BCUT2D eigenvalue weighted by molar-refractivity contribution is 5.41. The number of piperazine rings is 1. The van der Waals surface area contributed by atoms with Crippen molar-refractivity contribution in [1.82, 2.24) is 15.2 Å². The number of rotatable bonds is 5. The maximum Gasteiger partial charge on any atom is 0.128 e. The topological polar surface area (TPSA) is 31.4 Å². The SMILES string of the molecule is CCN1CCN(c2cc(CNC(C)C)ccn2)CC1. The van der Waals surface area contributed by atoms with Gasteiger partial charge >= 0.3 is 0 Å². The van der Waals surface area contributed by atoms with Crippen LogP contribution < -0.4 is 10.2 Å². The van der Waals surface area contributed by atoms with Crippen molar-refractivity contribution < 1.29 is 0 Å². The first kappa shape index (κ1) is 14.3. The monoisotopic (exact) mass is 262 g/mol. The zero-order valence-corrected chi connectivity index (χ0v) is 12.4. The minimum Gasteiger partial charge on any atom is -0.354 e. The molecule has 19 heavy (non-hydrogen) atoms. The number of anilines is 1. The van der Waals surface area contributed by atoms with Gasteiger partial charge in [0.1, 0.15) is 5.82 Å². The lowest BCUT2D eigenvalue weighted by molar-refractivity contribution is 0.270. The number of likely N-dealkylation sites (N-methyl/N-ethyl adjacent to an activating group) is 1. The summed E-state index contributed by atoms with van der Waals surface area (Å²) in [7, 11) is 0. The number of pyridine rings is 1. The van der Waals surface area contributed by atoms with Crippen molar-refractivity contribution in [2.75, 3.05) is 37.6 Å². The van der Waals surface area contributed by atoms with Crippen molar-refractivity contribution in [3.05, 3.63) is 23.9 Å². The molecule has 0 unspecified atom stereocenters. The number of nitrogens with zero attached hydrogens (tertiary/aromatic N) is 3. The average molecular weight is 262 g/mol. The highest BCUT2D eigenvalue weighted by Crippen LogP contribution is 2.15. The van der Waals surface area contributed by atoms with E-state index in [4.69, 9.17) is 0 Å². The van der Waals surface area contributed by atoms with E-state index < -0.39 is 0 Å². The number of nitrogens with one attached hydrogen (secondary N) is 1. The molecule has 0 bridgehead atoms. The van der Waals surface area contributed by atoms with Gasteiger partial charge in [0.25, 0.3) is 0 Å². The molecule has 0 amide bonds. The fourth-order valence-electron chi connectivity index (χ4n) is 2.36. The molecule has 1 saturated heterocycles. The van der Waals surface area contributed by atoms with E-state index in [1.165, 1.54) is 5.56 Å². The van der Waals surface area contributed by atoms with E-state index in [0.717, 1.165) is 45.1 Å². The molecular formula is C15H26N4. The standard InChI is InChI=1S/C15H26N4/c1-4-18-7-9-19(10-8-18)15-11-14(5-6-16-15)12-17-13(2)3/h5-6,11,13,17H,4,7-10,12H2,1-3H3. The first-order valence-corrected chi connectivity index (χ1v) is 7.34. The summed E-state index contributed by atoms with van der Waals surface area (Å²) in [5, 5.41) is 3.45. The van der Waals surface area contributed by atoms with E-state index in [2.05, 4.69) is 53.0 Å². The van der Waals surface area contributed by atoms with Crippen LogP contribution in [0.5, 0.6) is 0 Å². The molecule has 1 fully saturated rings. The molecule has 0 spiro atoms. The molecule has 106 valence electrons. The molecule has 1 aliphatic rings. The van der Waals surface area contributed by atoms with Crippen LogP contribution in [-0.4, -0.2) is 48.6 Å². The van der Waals surface area contributed by atoms with E-state index >= 15 is 0 Å². The van der Waals surface area contributed by atoms with Crippen LogP contribution in [0.15, 0.2) is 18.3 Å². The summed E-state index contributed by atoms with van der Waals surface area (Å²) in [4.78, 5) is 9.40. The van der Waals surface area contributed by atoms with Crippen LogP contribution in [0.1, 0.15) is 26.3 Å². The minimum absolute atomic E-state index is 0.518. The van der Waals surface area contributed by atoms with Crippen LogP contribution in [0.25, 0.3) is 0 Å². The van der Waals surface area contributed by atoms with Gasteiger partial charge in [-0.25, -0.2) is 4.98 Å². The third-order valence-corrected chi connectivity index (χ3v) is 3.67. The molecule has 1 aromatic heterocycles. The van der Waals surface area contributed by atoms with Gasteiger partial charge in [-0.2, -0.15) is 0 Å².